The Morgan fingerprint density at radius 2 is 1.69 bits per heavy atom. The van der Waals surface area contributed by atoms with Crippen LogP contribution in [0, 0.1) is 6.92 Å². The lowest BCUT2D eigenvalue weighted by Gasteiger charge is -2.14. The second-order valence-electron chi connectivity index (χ2n) is 8.90. The summed E-state index contributed by atoms with van der Waals surface area (Å²) >= 11 is 5.91. The first-order valence-electron chi connectivity index (χ1n) is 11.4. The molecule has 0 fully saturated rings. The van der Waals surface area contributed by atoms with Crippen LogP contribution < -0.4 is 10.7 Å². The summed E-state index contributed by atoms with van der Waals surface area (Å²) in [5.74, 6) is -0.122. The number of hydrogen-bond acceptors (Lipinski definition) is 5. The molecule has 4 aromatic rings. The van der Waals surface area contributed by atoms with Gasteiger partial charge in [-0.1, -0.05) is 49.7 Å². The maximum Gasteiger partial charge on any atom is 0.240 e. The number of benzene rings is 2. The van der Waals surface area contributed by atoms with Crippen LogP contribution in [-0.4, -0.2) is 23.9 Å². The van der Waals surface area contributed by atoms with Gasteiger partial charge >= 0.3 is 0 Å². The van der Waals surface area contributed by atoms with E-state index in [0.29, 0.717) is 10.7 Å². The number of carbonyl (C=O) groups excluding carboxylic acids is 1. The third-order valence-electron chi connectivity index (χ3n) is 5.89. The van der Waals surface area contributed by atoms with Crippen molar-refractivity contribution in [1.29, 1.82) is 0 Å². The molecule has 0 saturated carbocycles. The Kier molecular flexibility index (Phi) is 7.28. The number of hydrogen-bond donors (Lipinski definition) is 1. The fraction of sp³-hybridized carbons (Fsp3) is 0.222. The molecule has 0 aliphatic carbocycles. The smallest absolute Gasteiger partial charge is 0.240 e. The summed E-state index contributed by atoms with van der Waals surface area (Å²) < 4.78 is 28.4. The molecule has 0 spiro atoms. The topological polar surface area (TPSA) is 98.1 Å². The molecule has 0 aliphatic rings. The molecule has 0 aliphatic heterocycles. The number of amides is 1. The summed E-state index contributed by atoms with van der Waals surface area (Å²) in [4.78, 5) is 30.1. The van der Waals surface area contributed by atoms with Gasteiger partial charge in [-0.2, -0.15) is 0 Å². The third kappa shape index (κ3) is 5.34. The zero-order chi connectivity index (χ0) is 26.0. The van der Waals surface area contributed by atoms with Crippen molar-refractivity contribution in [3.05, 3.63) is 98.9 Å². The molecule has 0 radical (unpaired) electrons. The summed E-state index contributed by atoms with van der Waals surface area (Å²) in [7, 11) is -4.14. The van der Waals surface area contributed by atoms with E-state index >= 15 is 0 Å². The van der Waals surface area contributed by atoms with Gasteiger partial charge in [0.1, 0.15) is 17.1 Å². The number of nitrogens with zero attached hydrogens (tertiary/aromatic N) is 2. The van der Waals surface area contributed by atoms with Gasteiger partial charge in [0.05, 0.1) is 10.3 Å². The van der Waals surface area contributed by atoms with Gasteiger partial charge in [-0.25, -0.2) is 13.4 Å². The van der Waals surface area contributed by atoms with Gasteiger partial charge in [-0.15, -0.1) is 0 Å². The van der Waals surface area contributed by atoms with E-state index in [1.54, 1.807) is 55.5 Å². The fourth-order valence-corrected chi connectivity index (χ4v) is 5.31. The van der Waals surface area contributed by atoms with Gasteiger partial charge < -0.3 is 9.88 Å². The second-order valence-corrected chi connectivity index (χ2v) is 11.3. The number of pyridine rings is 2. The molecule has 2 heterocycles. The van der Waals surface area contributed by atoms with E-state index in [4.69, 9.17) is 11.6 Å². The molecule has 9 heteroatoms. The molecule has 1 N–H and O–H groups in total. The molecule has 36 heavy (non-hydrogen) atoms. The molecule has 0 saturated heterocycles. The van der Waals surface area contributed by atoms with Gasteiger partial charge in [0.25, 0.3) is 0 Å². The summed E-state index contributed by atoms with van der Waals surface area (Å²) in [5, 5.41) is 3.54. The van der Waals surface area contributed by atoms with Crippen LogP contribution in [0.1, 0.15) is 36.6 Å². The molecule has 0 bridgehead atoms. The molecule has 4 rings (SSSR count). The lowest BCUT2D eigenvalue weighted by Crippen LogP contribution is -2.29. The van der Waals surface area contributed by atoms with Crippen LogP contribution in [0.3, 0.4) is 0 Å². The van der Waals surface area contributed by atoms with E-state index in [1.165, 1.54) is 22.9 Å². The highest BCUT2D eigenvalue weighted by Gasteiger charge is 2.25. The summed E-state index contributed by atoms with van der Waals surface area (Å²) in [6.45, 7) is 5.84. The predicted molar refractivity (Wildman–Crippen MR) is 140 cm³/mol. The minimum atomic E-state index is -4.14. The number of sulfone groups is 1. The first-order valence-corrected chi connectivity index (χ1v) is 13.3. The first-order chi connectivity index (χ1) is 17.1. The van der Waals surface area contributed by atoms with Crippen LogP contribution in [0.2, 0.25) is 5.02 Å². The highest BCUT2D eigenvalue weighted by atomic mass is 35.5. The Balaban J connectivity index is 1.72. The van der Waals surface area contributed by atoms with Gasteiger partial charge in [0, 0.05) is 23.5 Å². The zero-order valence-electron chi connectivity index (χ0n) is 20.2. The standard InChI is InChI=1S/C27H26ClN3O4S/c1-17(2)20-7-11-22(12-8-20)36(34,35)24-15-31(27-23(26(24)33)13-4-18(3)30-27)16-25(32)29-14-19-5-9-21(28)10-6-19/h4-13,15,17H,14,16H2,1-3H3,(H,29,32). The summed E-state index contributed by atoms with van der Waals surface area (Å²) in [5.41, 5.74) is 2.08. The fourth-order valence-electron chi connectivity index (χ4n) is 3.82. The van der Waals surface area contributed by atoms with Crippen molar-refractivity contribution in [3.8, 4) is 0 Å². The van der Waals surface area contributed by atoms with Gasteiger partial charge in [-0.3, -0.25) is 9.59 Å². The first kappa shape index (κ1) is 25.6. The van der Waals surface area contributed by atoms with Crippen molar-refractivity contribution in [2.75, 3.05) is 0 Å². The minimum absolute atomic E-state index is 0.0159. The Hall–Kier alpha value is -3.49. The molecular weight excluding hydrogens is 498 g/mol. The van der Waals surface area contributed by atoms with E-state index in [9.17, 15) is 18.0 Å². The number of fused-ring (bicyclic) bond motifs is 1. The van der Waals surface area contributed by atoms with E-state index in [1.807, 2.05) is 13.8 Å². The van der Waals surface area contributed by atoms with Crippen LogP contribution in [-0.2, 0) is 27.7 Å². The van der Waals surface area contributed by atoms with Crippen molar-refractivity contribution >= 4 is 38.4 Å². The minimum Gasteiger partial charge on any atom is -0.350 e. The van der Waals surface area contributed by atoms with Crippen molar-refractivity contribution in [3.63, 3.8) is 0 Å². The van der Waals surface area contributed by atoms with Gasteiger partial charge in [-0.05, 0) is 60.4 Å². The SMILES string of the molecule is Cc1ccc2c(=O)c(S(=O)(=O)c3ccc(C(C)C)cc3)cn(CC(=O)NCc3ccc(Cl)cc3)c2n1. The van der Waals surface area contributed by atoms with Crippen LogP contribution in [0.25, 0.3) is 11.0 Å². The molecular formula is C27H26ClN3O4S. The zero-order valence-corrected chi connectivity index (χ0v) is 21.7. The largest absolute Gasteiger partial charge is 0.350 e. The van der Waals surface area contributed by atoms with Crippen molar-refractivity contribution in [2.45, 2.75) is 49.6 Å². The molecule has 2 aromatic heterocycles. The Bertz CT molecular complexity index is 1590. The van der Waals surface area contributed by atoms with Crippen LogP contribution in [0.15, 0.2) is 81.4 Å². The number of carbonyl (C=O) groups is 1. The van der Waals surface area contributed by atoms with E-state index in [2.05, 4.69) is 10.3 Å². The number of nitrogens with one attached hydrogen (secondary N) is 1. The van der Waals surface area contributed by atoms with Crippen molar-refractivity contribution in [2.24, 2.45) is 0 Å². The molecule has 1 amide bonds. The molecule has 0 atom stereocenters. The number of rotatable bonds is 7. The highest BCUT2D eigenvalue weighted by molar-refractivity contribution is 7.91. The molecule has 0 unspecified atom stereocenters. The average Bonchev–Trinajstić information content (AvgIpc) is 2.85. The summed E-state index contributed by atoms with van der Waals surface area (Å²) in [6, 6.07) is 16.8. The van der Waals surface area contributed by atoms with Gasteiger partial charge in [0.2, 0.25) is 21.2 Å². The van der Waals surface area contributed by atoms with Gasteiger partial charge in [0.15, 0.2) is 0 Å². The Labute approximate surface area is 214 Å². The highest BCUT2D eigenvalue weighted by Crippen LogP contribution is 2.23. The van der Waals surface area contributed by atoms with Crippen LogP contribution in [0.4, 0.5) is 0 Å². The van der Waals surface area contributed by atoms with E-state index in [-0.39, 0.29) is 40.8 Å². The number of aryl methyl sites for hydroxylation is 1. The van der Waals surface area contributed by atoms with Crippen LogP contribution >= 0.6 is 11.6 Å². The summed E-state index contributed by atoms with van der Waals surface area (Å²) in [6.07, 6.45) is 1.21. The van der Waals surface area contributed by atoms with Crippen LogP contribution in [0.5, 0.6) is 0 Å². The Morgan fingerprint density at radius 3 is 2.33 bits per heavy atom. The average molecular weight is 524 g/mol. The number of halogens is 1. The maximum absolute atomic E-state index is 13.5. The normalized spacial score (nSPS) is 11.7. The second kappa shape index (κ2) is 10.2. The molecule has 7 nitrogen and oxygen atoms in total. The lowest BCUT2D eigenvalue weighted by molar-refractivity contribution is -0.121. The Morgan fingerprint density at radius 1 is 1.03 bits per heavy atom. The van der Waals surface area contributed by atoms with E-state index < -0.39 is 20.2 Å². The molecule has 2 aromatic carbocycles. The predicted octanol–water partition coefficient (Wildman–Crippen LogP) is 4.63. The molecule has 186 valence electrons. The van der Waals surface area contributed by atoms with Crippen molar-refractivity contribution < 1.29 is 13.2 Å². The van der Waals surface area contributed by atoms with E-state index in [0.717, 1.165) is 11.1 Å². The number of aromatic nitrogens is 2. The third-order valence-corrected chi connectivity index (χ3v) is 7.91. The lowest BCUT2D eigenvalue weighted by atomic mass is 10.0. The quantitative estimate of drug-likeness (QED) is 0.381. The maximum atomic E-state index is 13.5. The van der Waals surface area contributed by atoms with Crippen molar-refractivity contribution in [1.82, 2.24) is 14.9 Å². The monoisotopic (exact) mass is 523 g/mol.